The van der Waals surface area contributed by atoms with Gasteiger partial charge in [0.15, 0.2) is 0 Å². The topological polar surface area (TPSA) is 74.6 Å². The monoisotopic (exact) mass is 248 g/mol. The van der Waals surface area contributed by atoms with Crippen molar-refractivity contribution < 1.29 is 19.8 Å². The van der Waals surface area contributed by atoms with Crippen LogP contribution in [-0.2, 0) is 9.59 Å². The van der Waals surface area contributed by atoms with Crippen LogP contribution in [0, 0.1) is 5.92 Å². The van der Waals surface area contributed by atoms with E-state index in [-0.39, 0.29) is 29.6 Å². The van der Waals surface area contributed by atoms with Crippen molar-refractivity contribution in [3.8, 4) is 0 Å². The molecule has 0 heterocycles. The van der Waals surface area contributed by atoms with E-state index in [0.717, 1.165) is 10.5 Å². The predicted molar refractivity (Wildman–Crippen MR) is 70.9 cm³/mol. The van der Waals surface area contributed by atoms with Gasteiger partial charge in [0.05, 0.1) is 0 Å². The fourth-order valence-electron chi connectivity index (χ4n) is 1.51. The molecule has 2 atom stereocenters. The van der Waals surface area contributed by atoms with Gasteiger partial charge in [-0.1, -0.05) is 0 Å². The van der Waals surface area contributed by atoms with Crippen LogP contribution in [0.15, 0.2) is 0 Å². The molecular formula is C11H22LiNaO4. The Bertz CT molecular complexity index is 198. The van der Waals surface area contributed by atoms with Gasteiger partial charge in [-0.05, 0) is 0 Å². The summed E-state index contributed by atoms with van der Waals surface area (Å²) in [6.45, 7) is 6.88. The van der Waals surface area contributed by atoms with Crippen LogP contribution in [0.1, 0.15) is 46.5 Å². The summed E-state index contributed by atoms with van der Waals surface area (Å²) in [6, 6.07) is 0. The molecule has 0 aromatic carbocycles. The van der Waals surface area contributed by atoms with E-state index < -0.39 is 18.4 Å². The molecule has 2 N–H and O–H groups in total. The minimum atomic E-state index is -1.31. The van der Waals surface area contributed by atoms with E-state index in [1.165, 1.54) is 19.3 Å². The molecule has 0 saturated heterocycles. The van der Waals surface area contributed by atoms with Gasteiger partial charge in [0.1, 0.15) is 6.42 Å². The zero-order chi connectivity index (χ0) is 13.1. The SMILES string of the molecule is O=C(O)CC(=O)O.[Li][CH](C)C(CC)CCC.[NaH]. The van der Waals surface area contributed by atoms with Crippen molar-refractivity contribution >= 4 is 59.2 Å². The van der Waals surface area contributed by atoms with E-state index in [1.807, 2.05) is 0 Å². The predicted octanol–water partition coefficient (Wildman–Crippen LogP) is 1.69. The Labute approximate surface area is 135 Å². The van der Waals surface area contributed by atoms with Crippen LogP contribution in [0.5, 0.6) is 0 Å². The van der Waals surface area contributed by atoms with Crippen molar-refractivity contribution in [3.63, 3.8) is 0 Å². The Kier molecular flexibility index (Phi) is 19.5. The third kappa shape index (κ3) is 19.1. The molecule has 4 nitrogen and oxygen atoms in total. The Hall–Kier alpha value is 0.537. The summed E-state index contributed by atoms with van der Waals surface area (Å²) in [7, 11) is 0. The zero-order valence-corrected chi connectivity index (χ0v) is 10.7. The molecular weight excluding hydrogens is 226 g/mol. The van der Waals surface area contributed by atoms with Crippen molar-refractivity contribution in [2.75, 3.05) is 0 Å². The fraction of sp³-hybridized carbons (Fsp3) is 0.818. The average Bonchev–Trinajstić information content (AvgIpc) is 2.12. The summed E-state index contributed by atoms with van der Waals surface area (Å²) >= 11 is 2.32. The van der Waals surface area contributed by atoms with Crippen LogP contribution < -0.4 is 0 Å². The van der Waals surface area contributed by atoms with E-state index >= 15 is 0 Å². The second-order valence-corrected chi connectivity index (χ2v) is 4.17. The normalized spacial score (nSPS) is 12.5. The van der Waals surface area contributed by atoms with Crippen molar-refractivity contribution in [2.24, 2.45) is 5.92 Å². The molecule has 2 unspecified atom stereocenters. The number of hydrogen-bond acceptors (Lipinski definition) is 2. The molecule has 0 radical (unpaired) electrons. The van der Waals surface area contributed by atoms with Gasteiger partial charge in [-0.2, -0.15) is 0 Å². The van der Waals surface area contributed by atoms with Crippen LogP contribution in [0.3, 0.4) is 0 Å². The Morgan fingerprint density at radius 2 is 1.59 bits per heavy atom. The van der Waals surface area contributed by atoms with Gasteiger partial charge >= 0.3 is 110 Å². The molecule has 92 valence electrons. The van der Waals surface area contributed by atoms with E-state index in [9.17, 15) is 9.59 Å². The molecule has 0 fully saturated rings. The van der Waals surface area contributed by atoms with Crippen LogP contribution in [0.2, 0.25) is 4.59 Å². The number of carboxylic acids is 2. The van der Waals surface area contributed by atoms with Gasteiger partial charge in [0, 0.05) is 0 Å². The zero-order valence-electron chi connectivity index (χ0n) is 10.7. The van der Waals surface area contributed by atoms with Gasteiger partial charge in [0.25, 0.3) is 0 Å². The van der Waals surface area contributed by atoms with Crippen molar-refractivity contribution in [1.82, 2.24) is 0 Å². The standard InChI is InChI=1S/C8H17.C3H4O4.Li.Na.H/c1-4-7-8(5-2)6-3;4-2(5)1-3(6)7;;;/h5,8H,4,6-7H2,1-3H3;1H2,(H,4,5)(H,6,7);;;. The molecule has 17 heavy (non-hydrogen) atoms. The van der Waals surface area contributed by atoms with E-state index in [2.05, 4.69) is 38.5 Å². The van der Waals surface area contributed by atoms with Gasteiger partial charge in [-0.15, -0.1) is 0 Å². The molecule has 0 aliphatic carbocycles. The fourth-order valence-corrected chi connectivity index (χ4v) is 1.51. The molecule has 0 spiro atoms. The third-order valence-electron chi connectivity index (χ3n) is 2.43. The van der Waals surface area contributed by atoms with Crippen LogP contribution >= 0.6 is 0 Å². The Morgan fingerprint density at radius 3 is 1.65 bits per heavy atom. The summed E-state index contributed by atoms with van der Waals surface area (Å²) in [4.78, 5) is 18.9. The van der Waals surface area contributed by atoms with Crippen LogP contribution in [0.4, 0.5) is 0 Å². The summed E-state index contributed by atoms with van der Waals surface area (Å²) < 4.78 is 0.884. The summed E-state index contributed by atoms with van der Waals surface area (Å²) in [6.07, 6.45) is 3.30. The van der Waals surface area contributed by atoms with Crippen molar-refractivity contribution in [3.05, 3.63) is 0 Å². The molecule has 0 saturated carbocycles. The Balaban J connectivity index is -0.000000224. The second-order valence-electron chi connectivity index (χ2n) is 4.17. The van der Waals surface area contributed by atoms with Crippen molar-refractivity contribution in [2.45, 2.75) is 51.0 Å². The van der Waals surface area contributed by atoms with E-state index in [1.54, 1.807) is 0 Å². The van der Waals surface area contributed by atoms with Gasteiger partial charge < -0.3 is 10.2 Å². The van der Waals surface area contributed by atoms with E-state index in [0.29, 0.717) is 0 Å². The molecule has 6 heteroatoms. The first-order valence-corrected chi connectivity index (χ1v) is 5.78. The maximum absolute atomic E-state index is 9.43. The second kappa shape index (κ2) is 14.6. The van der Waals surface area contributed by atoms with Gasteiger partial charge in [0.2, 0.25) is 0 Å². The summed E-state index contributed by atoms with van der Waals surface area (Å²) in [5.41, 5.74) is 0. The van der Waals surface area contributed by atoms with Crippen molar-refractivity contribution in [1.29, 1.82) is 0 Å². The number of rotatable bonds is 6. The third-order valence-corrected chi connectivity index (χ3v) is 2.43. The number of hydrogen-bond donors (Lipinski definition) is 2. The molecule has 0 bridgehead atoms. The number of aliphatic carboxylic acids is 2. The first kappa shape index (κ1) is 22.7. The Morgan fingerprint density at radius 1 is 1.18 bits per heavy atom. The minimum absolute atomic E-state index is 0. The summed E-state index contributed by atoms with van der Waals surface area (Å²) in [5, 5.41) is 15.4. The average molecular weight is 248 g/mol. The first-order valence-electron chi connectivity index (χ1n) is 5.78. The molecule has 0 rings (SSSR count). The van der Waals surface area contributed by atoms with E-state index in [4.69, 9.17) is 10.2 Å². The molecule has 0 aliphatic heterocycles. The van der Waals surface area contributed by atoms with Gasteiger partial charge in [-0.3, -0.25) is 9.59 Å². The first-order chi connectivity index (χ1) is 7.34. The molecule has 0 aromatic heterocycles. The number of carboxylic acid groups (broad SMARTS) is 2. The molecule has 0 amide bonds. The van der Waals surface area contributed by atoms with Gasteiger partial charge in [-0.25, -0.2) is 0 Å². The van der Waals surface area contributed by atoms with Crippen LogP contribution in [-0.4, -0.2) is 69.4 Å². The van der Waals surface area contributed by atoms with Crippen LogP contribution in [0.25, 0.3) is 0 Å². The number of carbonyl (C=O) groups is 2. The summed E-state index contributed by atoms with van der Waals surface area (Å²) in [5.74, 6) is -1.66. The molecule has 0 aromatic rings. The quantitative estimate of drug-likeness (QED) is 0.554. The molecule has 0 aliphatic rings. The maximum atomic E-state index is 9.43.